The lowest BCUT2D eigenvalue weighted by molar-refractivity contribution is 0.410. The standard InChI is InChI=1S/C24H26O6/c1-13(2)16-5-7-17(8-6-16)18(11-19-21(25)9-14(3)29-23(19)27)12-20-22(26)10-15(4)30-24(20)28/h5-10,13,18,25-26H,11-12H2,1-4H3. The first-order valence-electron chi connectivity index (χ1n) is 9.90. The third-order valence-corrected chi connectivity index (χ3v) is 5.27. The first kappa shape index (κ1) is 21.4. The van der Waals surface area contributed by atoms with E-state index in [2.05, 4.69) is 13.8 Å². The Morgan fingerprint density at radius 3 is 1.53 bits per heavy atom. The topological polar surface area (TPSA) is 101 Å². The van der Waals surface area contributed by atoms with E-state index in [4.69, 9.17) is 8.83 Å². The van der Waals surface area contributed by atoms with E-state index in [0.717, 1.165) is 11.1 Å². The molecule has 0 unspecified atom stereocenters. The summed E-state index contributed by atoms with van der Waals surface area (Å²) >= 11 is 0. The maximum absolute atomic E-state index is 12.3. The molecule has 0 spiro atoms. The Morgan fingerprint density at radius 2 is 1.17 bits per heavy atom. The van der Waals surface area contributed by atoms with E-state index in [1.54, 1.807) is 13.8 Å². The lowest BCUT2D eigenvalue weighted by Crippen LogP contribution is -2.18. The lowest BCUT2D eigenvalue weighted by atomic mass is 9.86. The van der Waals surface area contributed by atoms with Gasteiger partial charge in [-0.2, -0.15) is 0 Å². The van der Waals surface area contributed by atoms with Crippen LogP contribution in [0.25, 0.3) is 0 Å². The van der Waals surface area contributed by atoms with Gasteiger partial charge in [0.2, 0.25) is 0 Å². The number of hydrogen-bond donors (Lipinski definition) is 2. The summed E-state index contributed by atoms with van der Waals surface area (Å²) in [4.78, 5) is 24.7. The Balaban J connectivity index is 2.05. The zero-order valence-corrected chi connectivity index (χ0v) is 17.6. The molecule has 2 N–H and O–H groups in total. The van der Waals surface area contributed by atoms with Crippen LogP contribution in [0.4, 0.5) is 0 Å². The maximum Gasteiger partial charge on any atom is 0.342 e. The van der Waals surface area contributed by atoms with Gasteiger partial charge >= 0.3 is 11.3 Å². The number of hydrogen-bond acceptors (Lipinski definition) is 6. The van der Waals surface area contributed by atoms with Gasteiger partial charge in [-0.25, -0.2) is 9.59 Å². The molecule has 0 aliphatic heterocycles. The molecule has 3 aromatic rings. The van der Waals surface area contributed by atoms with Crippen LogP contribution in [0.5, 0.6) is 11.5 Å². The molecule has 6 heteroatoms. The zero-order valence-electron chi connectivity index (χ0n) is 17.6. The predicted molar refractivity (Wildman–Crippen MR) is 113 cm³/mol. The van der Waals surface area contributed by atoms with E-state index < -0.39 is 11.3 Å². The average molecular weight is 410 g/mol. The fraction of sp³-hybridized carbons (Fsp3) is 0.333. The van der Waals surface area contributed by atoms with Gasteiger partial charge in [0.15, 0.2) is 0 Å². The fourth-order valence-corrected chi connectivity index (χ4v) is 3.57. The molecule has 0 aliphatic carbocycles. The van der Waals surface area contributed by atoms with Crippen LogP contribution in [0, 0.1) is 13.8 Å². The van der Waals surface area contributed by atoms with E-state index in [1.165, 1.54) is 12.1 Å². The van der Waals surface area contributed by atoms with Gasteiger partial charge in [0, 0.05) is 12.1 Å². The van der Waals surface area contributed by atoms with Gasteiger partial charge < -0.3 is 19.0 Å². The van der Waals surface area contributed by atoms with Gasteiger partial charge in [0.1, 0.15) is 23.0 Å². The highest BCUT2D eigenvalue weighted by molar-refractivity contribution is 5.37. The molecule has 3 rings (SSSR count). The molecular weight excluding hydrogens is 384 g/mol. The molecule has 0 amide bonds. The molecule has 2 aromatic heterocycles. The van der Waals surface area contributed by atoms with Crippen molar-refractivity contribution in [2.45, 2.75) is 52.4 Å². The van der Waals surface area contributed by atoms with Gasteiger partial charge in [-0.05, 0) is 49.7 Å². The lowest BCUT2D eigenvalue weighted by Gasteiger charge is -2.19. The van der Waals surface area contributed by atoms with Crippen molar-refractivity contribution in [1.82, 2.24) is 0 Å². The summed E-state index contributed by atoms with van der Waals surface area (Å²) in [5, 5.41) is 20.6. The van der Waals surface area contributed by atoms with Crippen molar-refractivity contribution in [2.75, 3.05) is 0 Å². The highest BCUT2D eigenvalue weighted by Crippen LogP contribution is 2.30. The minimum Gasteiger partial charge on any atom is -0.507 e. The van der Waals surface area contributed by atoms with Crippen LogP contribution in [-0.2, 0) is 12.8 Å². The van der Waals surface area contributed by atoms with Gasteiger partial charge in [0.25, 0.3) is 0 Å². The van der Waals surface area contributed by atoms with Crippen molar-refractivity contribution < 1.29 is 19.0 Å². The molecule has 158 valence electrons. The Kier molecular flexibility index (Phi) is 6.15. The Morgan fingerprint density at radius 1 is 0.767 bits per heavy atom. The van der Waals surface area contributed by atoms with Crippen LogP contribution in [0.1, 0.15) is 59.5 Å². The Labute approximate surface area is 174 Å². The molecule has 0 aliphatic rings. The minimum absolute atomic E-state index is 0.134. The summed E-state index contributed by atoms with van der Waals surface area (Å²) in [6, 6.07) is 10.7. The molecule has 6 nitrogen and oxygen atoms in total. The highest BCUT2D eigenvalue weighted by Gasteiger charge is 2.23. The normalized spacial score (nSPS) is 11.4. The molecule has 0 bridgehead atoms. The Hall–Kier alpha value is -3.28. The summed E-state index contributed by atoms with van der Waals surface area (Å²) in [6.07, 6.45) is 0.282. The molecule has 0 saturated carbocycles. The Bertz CT molecular complexity index is 1080. The number of aryl methyl sites for hydroxylation is 2. The summed E-state index contributed by atoms with van der Waals surface area (Å²) in [6.45, 7) is 7.36. The van der Waals surface area contributed by atoms with Crippen LogP contribution >= 0.6 is 0 Å². The number of rotatable bonds is 6. The van der Waals surface area contributed by atoms with Crippen molar-refractivity contribution in [3.05, 3.63) is 91.0 Å². The second kappa shape index (κ2) is 8.61. The second-order valence-corrected chi connectivity index (χ2v) is 7.94. The molecule has 0 saturated heterocycles. The molecule has 0 fully saturated rings. The first-order valence-corrected chi connectivity index (χ1v) is 9.90. The van der Waals surface area contributed by atoms with Gasteiger partial charge in [-0.1, -0.05) is 38.1 Å². The van der Waals surface area contributed by atoms with E-state index in [1.807, 2.05) is 24.3 Å². The summed E-state index contributed by atoms with van der Waals surface area (Å²) < 4.78 is 10.3. The minimum atomic E-state index is -0.614. The van der Waals surface area contributed by atoms with E-state index in [-0.39, 0.29) is 41.4 Å². The van der Waals surface area contributed by atoms with Crippen molar-refractivity contribution >= 4 is 0 Å². The van der Waals surface area contributed by atoms with Crippen LogP contribution in [0.3, 0.4) is 0 Å². The van der Waals surface area contributed by atoms with Crippen LogP contribution in [0.2, 0.25) is 0 Å². The van der Waals surface area contributed by atoms with Crippen LogP contribution < -0.4 is 11.3 Å². The summed E-state index contributed by atoms with van der Waals surface area (Å²) in [7, 11) is 0. The molecule has 0 radical (unpaired) electrons. The third kappa shape index (κ3) is 4.64. The second-order valence-electron chi connectivity index (χ2n) is 7.94. The van der Waals surface area contributed by atoms with Crippen molar-refractivity contribution in [3.8, 4) is 11.5 Å². The van der Waals surface area contributed by atoms with Crippen molar-refractivity contribution in [1.29, 1.82) is 0 Å². The fourth-order valence-electron chi connectivity index (χ4n) is 3.57. The van der Waals surface area contributed by atoms with Gasteiger partial charge in [-0.15, -0.1) is 0 Å². The maximum atomic E-state index is 12.3. The van der Waals surface area contributed by atoms with E-state index in [9.17, 15) is 19.8 Å². The van der Waals surface area contributed by atoms with Gasteiger partial charge in [0.05, 0.1) is 11.1 Å². The summed E-state index contributed by atoms with van der Waals surface area (Å²) in [5.41, 5.74) is 1.07. The number of aromatic hydroxyl groups is 2. The molecule has 30 heavy (non-hydrogen) atoms. The molecule has 1 aromatic carbocycles. The molecule has 0 atom stereocenters. The van der Waals surface area contributed by atoms with Crippen LogP contribution in [-0.4, -0.2) is 10.2 Å². The van der Waals surface area contributed by atoms with Crippen molar-refractivity contribution in [2.24, 2.45) is 0 Å². The first-order chi connectivity index (χ1) is 14.2. The van der Waals surface area contributed by atoms with Crippen LogP contribution in [0.15, 0.2) is 54.8 Å². The summed E-state index contributed by atoms with van der Waals surface area (Å²) in [5.74, 6) is 0.338. The van der Waals surface area contributed by atoms with Crippen molar-refractivity contribution in [3.63, 3.8) is 0 Å². The van der Waals surface area contributed by atoms with Gasteiger partial charge in [-0.3, -0.25) is 0 Å². The zero-order chi connectivity index (χ0) is 22.0. The smallest absolute Gasteiger partial charge is 0.342 e. The predicted octanol–water partition coefficient (Wildman–Crippen LogP) is 4.31. The highest BCUT2D eigenvalue weighted by atomic mass is 16.4. The third-order valence-electron chi connectivity index (χ3n) is 5.27. The van der Waals surface area contributed by atoms with E-state index in [0.29, 0.717) is 17.4 Å². The monoisotopic (exact) mass is 410 g/mol. The quantitative estimate of drug-likeness (QED) is 0.628. The molecular formula is C24H26O6. The SMILES string of the molecule is Cc1cc(O)c(CC(Cc2c(O)cc(C)oc2=O)c2ccc(C(C)C)cc2)c(=O)o1. The van der Waals surface area contributed by atoms with E-state index >= 15 is 0 Å². The largest absolute Gasteiger partial charge is 0.507 e. The average Bonchev–Trinajstić information content (AvgIpc) is 2.65. The number of benzene rings is 1. The molecule has 2 heterocycles.